The SMILES string of the molecule is CSCC[C@H](NC(=O)CN(c1nc(Cl)nc2nc[nH]c12)C1CC1)C(=O)OCc1ccccc1. The van der Waals surface area contributed by atoms with E-state index < -0.39 is 12.0 Å². The molecule has 174 valence electrons. The number of thioether (sulfide) groups is 1. The van der Waals surface area contributed by atoms with Gasteiger partial charge >= 0.3 is 5.97 Å². The smallest absolute Gasteiger partial charge is 0.329 e. The molecule has 1 fully saturated rings. The lowest BCUT2D eigenvalue weighted by Crippen LogP contribution is -2.47. The van der Waals surface area contributed by atoms with E-state index >= 15 is 0 Å². The molecule has 0 bridgehead atoms. The summed E-state index contributed by atoms with van der Waals surface area (Å²) in [7, 11) is 0. The van der Waals surface area contributed by atoms with Gasteiger partial charge in [0.1, 0.15) is 18.2 Å². The summed E-state index contributed by atoms with van der Waals surface area (Å²) in [5, 5.41) is 2.92. The van der Waals surface area contributed by atoms with Crippen LogP contribution in [0.1, 0.15) is 24.8 Å². The molecule has 11 heteroatoms. The van der Waals surface area contributed by atoms with Crippen LogP contribution in [0, 0.1) is 0 Å². The van der Waals surface area contributed by atoms with Gasteiger partial charge in [-0.2, -0.15) is 21.7 Å². The molecular formula is C22H25ClN6O3S. The van der Waals surface area contributed by atoms with E-state index in [1.54, 1.807) is 11.8 Å². The van der Waals surface area contributed by atoms with Crippen LogP contribution in [0.4, 0.5) is 5.82 Å². The van der Waals surface area contributed by atoms with Gasteiger partial charge in [-0.05, 0) is 48.4 Å². The van der Waals surface area contributed by atoms with Gasteiger partial charge < -0.3 is 19.9 Å². The Morgan fingerprint density at radius 3 is 2.82 bits per heavy atom. The third-order valence-corrected chi connectivity index (χ3v) is 6.08. The van der Waals surface area contributed by atoms with E-state index in [-0.39, 0.29) is 30.4 Å². The first kappa shape index (κ1) is 23.3. The minimum absolute atomic E-state index is 0.0356. The molecule has 1 atom stereocenters. The molecule has 3 aromatic rings. The lowest BCUT2D eigenvalue weighted by atomic mass is 10.2. The van der Waals surface area contributed by atoms with Crippen LogP contribution in [-0.4, -0.2) is 62.4 Å². The molecule has 9 nitrogen and oxygen atoms in total. The molecule has 2 heterocycles. The molecule has 2 N–H and O–H groups in total. The van der Waals surface area contributed by atoms with Crippen LogP contribution in [0.15, 0.2) is 36.7 Å². The van der Waals surface area contributed by atoms with Crippen LogP contribution >= 0.6 is 23.4 Å². The maximum absolute atomic E-state index is 13.0. The summed E-state index contributed by atoms with van der Waals surface area (Å²) >= 11 is 7.69. The number of benzene rings is 1. The summed E-state index contributed by atoms with van der Waals surface area (Å²) in [4.78, 5) is 43.3. The number of aromatic nitrogens is 4. The zero-order valence-corrected chi connectivity index (χ0v) is 19.7. The Kier molecular flexibility index (Phi) is 7.66. The van der Waals surface area contributed by atoms with Crippen molar-refractivity contribution in [3.63, 3.8) is 0 Å². The minimum Gasteiger partial charge on any atom is -0.459 e. The van der Waals surface area contributed by atoms with Crippen molar-refractivity contribution in [2.24, 2.45) is 0 Å². The van der Waals surface area contributed by atoms with Crippen molar-refractivity contribution in [3.05, 3.63) is 47.5 Å². The maximum Gasteiger partial charge on any atom is 0.329 e. The number of imidazole rings is 1. The molecular weight excluding hydrogens is 464 g/mol. The van der Waals surface area contributed by atoms with Crippen molar-refractivity contribution < 1.29 is 14.3 Å². The largest absolute Gasteiger partial charge is 0.459 e. The molecule has 0 aliphatic heterocycles. The number of halogens is 1. The first-order valence-corrected chi connectivity index (χ1v) is 12.4. The Hall–Kier alpha value is -2.85. The number of nitrogens with one attached hydrogen (secondary N) is 2. The van der Waals surface area contributed by atoms with Gasteiger partial charge in [0.2, 0.25) is 11.2 Å². The second kappa shape index (κ2) is 10.8. The number of amides is 1. The summed E-state index contributed by atoms with van der Waals surface area (Å²) in [6.07, 6.45) is 5.84. The van der Waals surface area contributed by atoms with Crippen LogP contribution in [0.5, 0.6) is 0 Å². The fourth-order valence-corrected chi connectivity index (χ4v) is 4.10. The fourth-order valence-electron chi connectivity index (χ4n) is 3.47. The van der Waals surface area contributed by atoms with Crippen molar-refractivity contribution in [3.8, 4) is 0 Å². The van der Waals surface area contributed by atoms with E-state index in [0.717, 1.165) is 18.4 Å². The summed E-state index contributed by atoms with van der Waals surface area (Å²) in [5.74, 6) is 0.522. The Labute approximate surface area is 200 Å². The van der Waals surface area contributed by atoms with E-state index in [1.165, 1.54) is 6.33 Å². The zero-order chi connectivity index (χ0) is 23.2. The number of H-pyrrole nitrogens is 1. The van der Waals surface area contributed by atoms with Gasteiger partial charge in [-0.25, -0.2) is 9.78 Å². The summed E-state index contributed by atoms with van der Waals surface area (Å²) in [5.41, 5.74) is 1.96. The van der Waals surface area contributed by atoms with E-state index in [4.69, 9.17) is 16.3 Å². The molecule has 1 amide bonds. The Balaban J connectivity index is 1.44. The third-order valence-electron chi connectivity index (χ3n) is 5.27. The first-order valence-electron chi connectivity index (χ1n) is 10.7. The second-order valence-corrected chi connectivity index (χ2v) is 9.10. The number of esters is 1. The maximum atomic E-state index is 13.0. The third kappa shape index (κ3) is 6.14. The quantitative estimate of drug-likeness (QED) is 0.313. The van der Waals surface area contributed by atoms with Gasteiger partial charge in [0.25, 0.3) is 0 Å². The van der Waals surface area contributed by atoms with Gasteiger partial charge in [-0.1, -0.05) is 30.3 Å². The van der Waals surface area contributed by atoms with Crippen LogP contribution in [0.2, 0.25) is 5.28 Å². The van der Waals surface area contributed by atoms with E-state index in [0.29, 0.717) is 29.2 Å². The number of hydrogen-bond donors (Lipinski definition) is 2. The molecule has 0 saturated heterocycles. The molecule has 1 aromatic carbocycles. The second-order valence-electron chi connectivity index (χ2n) is 7.77. The number of rotatable bonds is 11. The van der Waals surface area contributed by atoms with Crippen LogP contribution in [-0.2, 0) is 20.9 Å². The number of ether oxygens (including phenoxy) is 1. The Morgan fingerprint density at radius 2 is 2.09 bits per heavy atom. The fraction of sp³-hybridized carbons (Fsp3) is 0.409. The topological polar surface area (TPSA) is 113 Å². The van der Waals surface area contributed by atoms with Crippen molar-refractivity contribution in [1.29, 1.82) is 0 Å². The van der Waals surface area contributed by atoms with Crippen LogP contribution in [0.3, 0.4) is 0 Å². The van der Waals surface area contributed by atoms with Crippen LogP contribution < -0.4 is 10.2 Å². The van der Waals surface area contributed by atoms with Gasteiger partial charge in [-0.3, -0.25) is 4.79 Å². The molecule has 0 unspecified atom stereocenters. The average Bonchev–Trinajstić information content (AvgIpc) is 3.55. The normalized spacial score (nSPS) is 14.1. The number of nitrogens with zero attached hydrogens (tertiary/aromatic N) is 4. The van der Waals surface area contributed by atoms with Crippen LogP contribution in [0.25, 0.3) is 11.2 Å². The van der Waals surface area contributed by atoms with Gasteiger partial charge in [0.05, 0.1) is 12.9 Å². The lowest BCUT2D eigenvalue weighted by Gasteiger charge is -2.25. The van der Waals surface area contributed by atoms with Crippen molar-refractivity contribution in [2.75, 3.05) is 23.5 Å². The van der Waals surface area contributed by atoms with Gasteiger partial charge in [0, 0.05) is 6.04 Å². The number of anilines is 1. The minimum atomic E-state index is -0.726. The van der Waals surface area contributed by atoms with Gasteiger partial charge in [0.15, 0.2) is 11.5 Å². The van der Waals surface area contributed by atoms with Gasteiger partial charge in [-0.15, -0.1) is 0 Å². The standard InChI is InChI=1S/C22H25ClN6O3S/c1-33-10-9-16(21(31)32-12-14-5-3-2-4-6-14)26-17(30)11-29(15-7-8-15)20-18-19(25-13-24-18)27-22(23)28-20/h2-6,13,15-16H,7-12H2,1H3,(H,26,30)(H,24,25,27,28)/t16-/m0/s1. The molecule has 33 heavy (non-hydrogen) atoms. The molecule has 1 saturated carbocycles. The highest BCUT2D eigenvalue weighted by atomic mass is 35.5. The number of fused-ring (bicyclic) bond motifs is 1. The average molecular weight is 489 g/mol. The summed E-state index contributed by atoms with van der Waals surface area (Å²) in [6, 6.07) is 8.90. The summed E-state index contributed by atoms with van der Waals surface area (Å²) < 4.78 is 5.47. The monoisotopic (exact) mass is 488 g/mol. The zero-order valence-electron chi connectivity index (χ0n) is 18.2. The number of aromatic amines is 1. The highest BCUT2D eigenvalue weighted by Crippen LogP contribution is 2.33. The van der Waals surface area contributed by atoms with Crippen molar-refractivity contribution in [1.82, 2.24) is 25.3 Å². The predicted octanol–water partition coefficient (Wildman–Crippen LogP) is 2.96. The first-order chi connectivity index (χ1) is 16.0. The Bertz CT molecular complexity index is 1110. The lowest BCUT2D eigenvalue weighted by molar-refractivity contribution is -0.149. The molecule has 2 aromatic heterocycles. The number of carbonyl (C=O) groups excluding carboxylic acids is 2. The van der Waals surface area contributed by atoms with Crippen molar-refractivity contribution >= 4 is 52.2 Å². The summed E-state index contributed by atoms with van der Waals surface area (Å²) in [6.45, 7) is 0.199. The molecule has 4 rings (SSSR count). The highest BCUT2D eigenvalue weighted by Gasteiger charge is 2.34. The number of carbonyl (C=O) groups is 2. The molecule has 0 radical (unpaired) electrons. The molecule has 0 spiro atoms. The van der Waals surface area contributed by atoms with E-state index in [2.05, 4.69) is 25.3 Å². The van der Waals surface area contributed by atoms with E-state index in [9.17, 15) is 9.59 Å². The molecule has 1 aliphatic carbocycles. The van der Waals surface area contributed by atoms with E-state index in [1.807, 2.05) is 41.5 Å². The number of hydrogen-bond acceptors (Lipinski definition) is 8. The van der Waals surface area contributed by atoms with Crippen molar-refractivity contribution in [2.45, 2.75) is 38.0 Å². The predicted molar refractivity (Wildman–Crippen MR) is 128 cm³/mol. The molecule has 1 aliphatic rings. The highest BCUT2D eigenvalue weighted by molar-refractivity contribution is 7.98. The Morgan fingerprint density at radius 1 is 1.30 bits per heavy atom.